The number of rotatable bonds is 9. The summed E-state index contributed by atoms with van der Waals surface area (Å²) in [6.45, 7) is 1.15. The second-order valence-electron chi connectivity index (χ2n) is 7.60. The molecule has 1 fully saturated rings. The molecule has 0 unspecified atom stereocenters. The molecule has 29 heavy (non-hydrogen) atoms. The van der Waals surface area contributed by atoms with Crippen molar-refractivity contribution >= 4 is 10.0 Å². The number of nitrogens with zero attached hydrogens (tertiary/aromatic N) is 4. The fraction of sp³-hybridized carbons (Fsp3) is 0.579. The van der Waals surface area contributed by atoms with Crippen LogP contribution in [0.3, 0.4) is 0 Å². The molecule has 0 aliphatic carbocycles. The van der Waals surface area contributed by atoms with Crippen molar-refractivity contribution in [1.29, 1.82) is 0 Å². The first-order valence-corrected chi connectivity index (χ1v) is 11.2. The lowest BCUT2D eigenvalue weighted by Crippen LogP contribution is -2.50. The van der Waals surface area contributed by atoms with E-state index in [9.17, 15) is 13.5 Å². The van der Waals surface area contributed by atoms with Gasteiger partial charge in [0.05, 0.1) is 35.4 Å². The Morgan fingerprint density at radius 1 is 1.28 bits per heavy atom. The third-order valence-corrected chi connectivity index (χ3v) is 6.41. The summed E-state index contributed by atoms with van der Waals surface area (Å²) in [7, 11) is 0.307. The fourth-order valence-corrected chi connectivity index (χ4v) is 4.79. The van der Waals surface area contributed by atoms with Crippen LogP contribution in [0.25, 0.3) is 0 Å². The lowest BCUT2D eigenvalue weighted by molar-refractivity contribution is -0.0891. The van der Waals surface area contributed by atoms with E-state index in [-0.39, 0.29) is 17.6 Å². The zero-order chi connectivity index (χ0) is 20.9. The molecule has 2 N–H and O–H groups in total. The van der Waals surface area contributed by atoms with Gasteiger partial charge in [0.1, 0.15) is 0 Å². The highest BCUT2D eigenvalue weighted by Crippen LogP contribution is 2.24. The summed E-state index contributed by atoms with van der Waals surface area (Å²) in [6, 6.07) is 7.76. The standard InChI is InChI=1S/C19H29N5O4S/c1-23(2)12-15-13-24(22-20-15)11-10-16-8-9-18(19(14-25)28-16)21-29(26,27)17-6-4-3-5-7-17/h3-7,13,16,18-19,21,25H,8-12,14H2,1-2H3/t16-,18-,19+/m1/s1. The SMILES string of the molecule is CN(C)Cc1cn(CC[C@H]2CC[C@@H](NS(=O)(=O)c3ccccc3)[C@H](CO)O2)nn1. The molecule has 1 aromatic carbocycles. The van der Waals surface area contributed by atoms with Crippen LogP contribution in [-0.4, -0.2) is 72.4 Å². The monoisotopic (exact) mass is 423 g/mol. The number of aromatic nitrogens is 3. The Balaban J connectivity index is 1.53. The molecule has 160 valence electrons. The third kappa shape index (κ3) is 6.06. The van der Waals surface area contributed by atoms with E-state index >= 15 is 0 Å². The predicted molar refractivity (Wildman–Crippen MR) is 108 cm³/mol. The van der Waals surface area contributed by atoms with Crippen molar-refractivity contribution in [3.8, 4) is 0 Å². The van der Waals surface area contributed by atoms with Crippen molar-refractivity contribution in [3.05, 3.63) is 42.2 Å². The minimum Gasteiger partial charge on any atom is -0.394 e. The highest BCUT2D eigenvalue weighted by atomic mass is 32.2. The Hall–Kier alpha value is -1.85. The van der Waals surface area contributed by atoms with Gasteiger partial charge in [-0.3, -0.25) is 4.68 Å². The maximum atomic E-state index is 12.6. The molecule has 3 rings (SSSR count). The number of ether oxygens (including phenoxy) is 1. The highest BCUT2D eigenvalue weighted by Gasteiger charge is 2.33. The van der Waals surface area contributed by atoms with Gasteiger partial charge in [0, 0.05) is 19.3 Å². The molecule has 1 saturated heterocycles. The van der Waals surface area contributed by atoms with Crippen LogP contribution in [-0.2, 0) is 27.8 Å². The third-order valence-electron chi connectivity index (χ3n) is 4.90. The number of benzene rings is 1. The topological polar surface area (TPSA) is 110 Å². The number of hydrogen-bond acceptors (Lipinski definition) is 7. The van der Waals surface area contributed by atoms with Gasteiger partial charge >= 0.3 is 0 Å². The minimum absolute atomic E-state index is 0.0638. The van der Waals surface area contributed by atoms with Crippen LogP contribution in [0.2, 0.25) is 0 Å². The van der Waals surface area contributed by atoms with Crippen LogP contribution in [0.15, 0.2) is 41.4 Å². The van der Waals surface area contributed by atoms with Gasteiger partial charge in [0.2, 0.25) is 10.0 Å². The molecular weight excluding hydrogens is 394 g/mol. The maximum Gasteiger partial charge on any atom is 0.240 e. The number of hydrogen-bond donors (Lipinski definition) is 2. The smallest absolute Gasteiger partial charge is 0.240 e. The largest absolute Gasteiger partial charge is 0.394 e. The number of sulfonamides is 1. The number of nitrogens with one attached hydrogen (secondary N) is 1. The molecule has 0 bridgehead atoms. The summed E-state index contributed by atoms with van der Waals surface area (Å²) < 4.78 is 35.6. The zero-order valence-corrected chi connectivity index (χ0v) is 17.6. The van der Waals surface area contributed by atoms with Gasteiger partial charge in [-0.15, -0.1) is 5.10 Å². The molecule has 1 aliphatic rings. The van der Waals surface area contributed by atoms with E-state index in [1.165, 1.54) is 0 Å². The minimum atomic E-state index is -3.65. The molecule has 0 spiro atoms. The molecule has 9 nitrogen and oxygen atoms in total. The average Bonchev–Trinajstić information content (AvgIpc) is 3.14. The molecule has 2 aromatic rings. The van der Waals surface area contributed by atoms with E-state index < -0.39 is 22.2 Å². The molecule has 1 aliphatic heterocycles. The van der Waals surface area contributed by atoms with Crippen LogP contribution in [0.5, 0.6) is 0 Å². The van der Waals surface area contributed by atoms with Crippen molar-refractivity contribution in [2.45, 2.75) is 55.5 Å². The summed E-state index contributed by atoms with van der Waals surface area (Å²) in [5, 5.41) is 18.0. The molecule has 10 heteroatoms. The first kappa shape index (κ1) is 21.8. The summed E-state index contributed by atoms with van der Waals surface area (Å²) in [5.74, 6) is 0. The molecule has 2 heterocycles. The van der Waals surface area contributed by atoms with Gasteiger partial charge in [-0.1, -0.05) is 23.4 Å². The van der Waals surface area contributed by atoms with Crippen molar-refractivity contribution in [1.82, 2.24) is 24.6 Å². The summed E-state index contributed by atoms with van der Waals surface area (Å²) >= 11 is 0. The number of aliphatic hydroxyl groups excluding tert-OH is 1. The van der Waals surface area contributed by atoms with Crippen LogP contribution >= 0.6 is 0 Å². The van der Waals surface area contributed by atoms with Crippen molar-refractivity contribution in [2.75, 3.05) is 20.7 Å². The number of aryl methyl sites for hydroxylation is 1. The first-order valence-electron chi connectivity index (χ1n) is 9.75. The molecule has 3 atom stereocenters. The molecule has 0 amide bonds. The lowest BCUT2D eigenvalue weighted by atomic mass is 9.98. The van der Waals surface area contributed by atoms with Crippen molar-refractivity contribution in [3.63, 3.8) is 0 Å². The van der Waals surface area contributed by atoms with E-state index in [2.05, 4.69) is 15.0 Å². The van der Waals surface area contributed by atoms with Gasteiger partial charge in [-0.2, -0.15) is 0 Å². The van der Waals surface area contributed by atoms with Crippen molar-refractivity contribution in [2.24, 2.45) is 0 Å². The first-order chi connectivity index (χ1) is 13.9. The van der Waals surface area contributed by atoms with Gasteiger partial charge in [0.15, 0.2) is 0 Å². The van der Waals surface area contributed by atoms with E-state index in [4.69, 9.17) is 4.74 Å². The lowest BCUT2D eigenvalue weighted by Gasteiger charge is -2.36. The molecule has 1 aromatic heterocycles. The number of aliphatic hydroxyl groups is 1. The quantitative estimate of drug-likeness (QED) is 0.608. The maximum absolute atomic E-state index is 12.6. The van der Waals surface area contributed by atoms with Crippen LogP contribution in [0, 0.1) is 0 Å². The second-order valence-corrected chi connectivity index (χ2v) is 9.31. The Kier molecular flexibility index (Phi) is 7.36. The van der Waals surface area contributed by atoms with Crippen LogP contribution in [0.1, 0.15) is 25.0 Å². The Morgan fingerprint density at radius 2 is 2.03 bits per heavy atom. The van der Waals surface area contributed by atoms with Gasteiger partial charge in [-0.05, 0) is 45.5 Å². The Bertz CT molecular complexity index is 872. The normalized spacial score (nSPS) is 22.8. The molecular formula is C19H29N5O4S. The molecule has 0 radical (unpaired) electrons. The van der Waals surface area contributed by atoms with E-state index in [0.29, 0.717) is 19.4 Å². The van der Waals surface area contributed by atoms with Crippen LogP contribution in [0.4, 0.5) is 0 Å². The van der Waals surface area contributed by atoms with Crippen LogP contribution < -0.4 is 4.72 Å². The Labute approximate surface area is 171 Å². The van der Waals surface area contributed by atoms with E-state index in [0.717, 1.165) is 18.7 Å². The Morgan fingerprint density at radius 3 is 2.72 bits per heavy atom. The second kappa shape index (κ2) is 9.77. The fourth-order valence-electron chi connectivity index (χ4n) is 3.47. The van der Waals surface area contributed by atoms with E-state index in [1.807, 2.05) is 25.2 Å². The summed E-state index contributed by atoms with van der Waals surface area (Å²) in [5.41, 5.74) is 0.906. The van der Waals surface area contributed by atoms with Gasteiger partial charge in [0.25, 0.3) is 0 Å². The highest BCUT2D eigenvalue weighted by molar-refractivity contribution is 7.89. The van der Waals surface area contributed by atoms with E-state index in [1.54, 1.807) is 35.0 Å². The summed E-state index contributed by atoms with van der Waals surface area (Å²) in [6.07, 6.45) is 3.31. The zero-order valence-electron chi connectivity index (χ0n) is 16.8. The average molecular weight is 424 g/mol. The van der Waals surface area contributed by atoms with Gasteiger partial charge < -0.3 is 14.7 Å². The van der Waals surface area contributed by atoms with Crippen molar-refractivity contribution < 1.29 is 18.3 Å². The summed E-state index contributed by atoms with van der Waals surface area (Å²) in [4.78, 5) is 2.24. The van der Waals surface area contributed by atoms with Gasteiger partial charge in [-0.25, -0.2) is 13.1 Å². The molecule has 0 saturated carbocycles. The predicted octanol–water partition coefficient (Wildman–Crippen LogP) is 0.617.